The van der Waals surface area contributed by atoms with Crippen molar-refractivity contribution in [2.75, 3.05) is 5.43 Å². The molecule has 0 saturated carbocycles. The Hall–Kier alpha value is -2.21. The molecule has 1 heterocycles. The van der Waals surface area contributed by atoms with Gasteiger partial charge in [-0.1, -0.05) is 12.1 Å². The van der Waals surface area contributed by atoms with E-state index in [-0.39, 0.29) is 5.69 Å². The predicted octanol–water partition coefficient (Wildman–Crippen LogP) is 3.41. The molecule has 5 nitrogen and oxygen atoms in total. The van der Waals surface area contributed by atoms with Crippen LogP contribution in [0, 0.1) is 17.0 Å². The van der Waals surface area contributed by atoms with Crippen LogP contribution in [0.3, 0.4) is 0 Å². The van der Waals surface area contributed by atoms with E-state index in [1.54, 1.807) is 35.8 Å². The molecule has 18 heavy (non-hydrogen) atoms. The summed E-state index contributed by atoms with van der Waals surface area (Å²) in [5.41, 5.74) is 4.22. The molecule has 0 saturated heterocycles. The minimum absolute atomic E-state index is 0.0116. The van der Waals surface area contributed by atoms with Crippen LogP contribution < -0.4 is 5.43 Å². The average molecular weight is 261 g/mol. The molecule has 0 atom stereocenters. The van der Waals surface area contributed by atoms with Crippen molar-refractivity contribution in [2.45, 2.75) is 6.92 Å². The number of aryl methyl sites for hydroxylation is 1. The van der Waals surface area contributed by atoms with E-state index >= 15 is 0 Å². The molecule has 0 spiro atoms. The lowest BCUT2D eigenvalue weighted by molar-refractivity contribution is -0.384. The number of nitro benzene ring substituents is 1. The molecule has 1 N–H and O–H groups in total. The molecular formula is C12H11N3O2S. The minimum Gasteiger partial charge on any atom is -0.272 e. The first-order valence-electron chi connectivity index (χ1n) is 5.25. The number of nitrogens with zero attached hydrogens (tertiary/aromatic N) is 2. The van der Waals surface area contributed by atoms with Crippen LogP contribution in [0.5, 0.6) is 0 Å². The number of nitro groups is 1. The molecule has 0 unspecified atom stereocenters. The Morgan fingerprint density at radius 1 is 1.39 bits per heavy atom. The first kappa shape index (κ1) is 12.3. The van der Waals surface area contributed by atoms with Gasteiger partial charge in [-0.2, -0.15) is 5.10 Å². The van der Waals surface area contributed by atoms with E-state index in [0.29, 0.717) is 5.69 Å². The van der Waals surface area contributed by atoms with Crippen molar-refractivity contribution in [2.24, 2.45) is 5.10 Å². The van der Waals surface area contributed by atoms with Gasteiger partial charge in [-0.05, 0) is 30.0 Å². The molecule has 0 amide bonds. The van der Waals surface area contributed by atoms with Crippen LogP contribution in [-0.4, -0.2) is 11.1 Å². The Labute approximate surface area is 108 Å². The molecule has 6 heteroatoms. The summed E-state index contributed by atoms with van der Waals surface area (Å²) in [4.78, 5) is 11.4. The van der Waals surface area contributed by atoms with E-state index in [2.05, 4.69) is 10.5 Å². The Kier molecular flexibility index (Phi) is 3.69. The number of rotatable bonds is 4. The summed E-state index contributed by atoms with van der Waals surface area (Å²) in [6, 6.07) is 8.40. The van der Waals surface area contributed by atoms with E-state index in [1.165, 1.54) is 6.07 Å². The van der Waals surface area contributed by atoms with Crippen molar-refractivity contribution in [3.63, 3.8) is 0 Å². The highest BCUT2D eigenvalue weighted by atomic mass is 32.1. The van der Waals surface area contributed by atoms with Crippen molar-refractivity contribution in [3.05, 3.63) is 56.3 Å². The Bertz CT molecular complexity index is 593. The largest absolute Gasteiger partial charge is 0.294 e. The van der Waals surface area contributed by atoms with E-state index < -0.39 is 4.92 Å². The van der Waals surface area contributed by atoms with E-state index in [4.69, 9.17) is 0 Å². The van der Waals surface area contributed by atoms with Gasteiger partial charge < -0.3 is 0 Å². The third kappa shape index (κ3) is 2.72. The molecule has 92 valence electrons. The summed E-state index contributed by atoms with van der Waals surface area (Å²) < 4.78 is 0. The third-order valence-electron chi connectivity index (χ3n) is 2.37. The number of anilines is 1. The number of hydrogen-bond donors (Lipinski definition) is 1. The second-order valence-corrected chi connectivity index (χ2v) is 4.56. The van der Waals surface area contributed by atoms with E-state index in [1.807, 2.05) is 18.4 Å². The SMILES string of the molecule is Cc1ccsc1/C=N\Nc1ccccc1[N+](=O)[O-]. The number of benzene rings is 1. The summed E-state index contributed by atoms with van der Waals surface area (Å²) in [5, 5.41) is 16.8. The molecule has 1 aromatic carbocycles. The number of nitrogens with one attached hydrogen (secondary N) is 1. The zero-order chi connectivity index (χ0) is 13.0. The number of hydrazone groups is 1. The molecule has 0 bridgehead atoms. The van der Waals surface area contributed by atoms with Gasteiger partial charge in [-0.25, -0.2) is 0 Å². The van der Waals surface area contributed by atoms with Gasteiger partial charge in [0.15, 0.2) is 0 Å². The maximum atomic E-state index is 10.8. The molecule has 2 aromatic rings. The molecule has 0 aliphatic heterocycles. The number of para-hydroxylation sites is 2. The van der Waals surface area contributed by atoms with Gasteiger partial charge in [0.25, 0.3) is 5.69 Å². The van der Waals surface area contributed by atoms with E-state index in [9.17, 15) is 10.1 Å². The molecule has 0 aliphatic carbocycles. The summed E-state index contributed by atoms with van der Waals surface area (Å²) >= 11 is 1.57. The summed E-state index contributed by atoms with van der Waals surface area (Å²) in [5.74, 6) is 0. The van der Waals surface area contributed by atoms with Crippen molar-refractivity contribution in [1.29, 1.82) is 0 Å². The maximum absolute atomic E-state index is 10.8. The van der Waals surface area contributed by atoms with Gasteiger partial charge in [-0.3, -0.25) is 15.5 Å². The van der Waals surface area contributed by atoms with Crippen LogP contribution >= 0.6 is 11.3 Å². The van der Waals surface area contributed by atoms with Gasteiger partial charge in [0.2, 0.25) is 0 Å². The lowest BCUT2D eigenvalue weighted by Gasteiger charge is -2.00. The van der Waals surface area contributed by atoms with Crippen molar-refractivity contribution in [3.8, 4) is 0 Å². The topological polar surface area (TPSA) is 67.5 Å². The van der Waals surface area contributed by atoms with Gasteiger partial charge in [0.05, 0.1) is 11.1 Å². The minimum atomic E-state index is -0.436. The second kappa shape index (κ2) is 5.42. The highest BCUT2D eigenvalue weighted by Crippen LogP contribution is 2.23. The fraction of sp³-hybridized carbons (Fsp3) is 0.0833. The van der Waals surface area contributed by atoms with Gasteiger partial charge in [-0.15, -0.1) is 11.3 Å². The van der Waals surface area contributed by atoms with E-state index in [0.717, 1.165) is 10.4 Å². The monoisotopic (exact) mass is 261 g/mol. The van der Waals surface area contributed by atoms with Crippen LogP contribution in [0.25, 0.3) is 0 Å². The summed E-state index contributed by atoms with van der Waals surface area (Å²) in [7, 11) is 0. The Morgan fingerprint density at radius 2 is 2.17 bits per heavy atom. The molecule has 1 aromatic heterocycles. The van der Waals surface area contributed by atoms with Crippen LogP contribution in [0.4, 0.5) is 11.4 Å². The fourth-order valence-corrected chi connectivity index (χ4v) is 2.19. The fourth-order valence-electron chi connectivity index (χ4n) is 1.40. The Balaban J connectivity index is 2.14. The predicted molar refractivity (Wildman–Crippen MR) is 73.4 cm³/mol. The van der Waals surface area contributed by atoms with Crippen LogP contribution in [0.15, 0.2) is 40.8 Å². The smallest absolute Gasteiger partial charge is 0.272 e. The zero-order valence-electron chi connectivity index (χ0n) is 9.66. The third-order valence-corrected chi connectivity index (χ3v) is 3.32. The maximum Gasteiger partial charge on any atom is 0.294 e. The van der Waals surface area contributed by atoms with Crippen molar-refractivity contribution in [1.82, 2.24) is 0 Å². The molecule has 0 aliphatic rings. The normalized spacial score (nSPS) is 10.7. The highest BCUT2D eigenvalue weighted by molar-refractivity contribution is 7.11. The van der Waals surface area contributed by atoms with Gasteiger partial charge in [0, 0.05) is 10.9 Å². The second-order valence-electron chi connectivity index (χ2n) is 3.61. The van der Waals surface area contributed by atoms with Crippen molar-refractivity contribution < 1.29 is 4.92 Å². The van der Waals surface area contributed by atoms with Gasteiger partial charge >= 0.3 is 0 Å². The first-order chi connectivity index (χ1) is 8.68. The van der Waals surface area contributed by atoms with Crippen LogP contribution in [-0.2, 0) is 0 Å². The molecule has 2 rings (SSSR count). The quantitative estimate of drug-likeness (QED) is 0.521. The number of thiophene rings is 1. The summed E-state index contributed by atoms with van der Waals surface area (Å²) in [6.45, 7) is 1.99. The average Bonchev–Trinajstić information content (AvgIpc) is 2.76. The lowest BCUT2D eigenvalue weighted by Crippen LogP contribution is -1.96. The lowest BCUT2D eigenvalue weighted by atomic mass is 10.3. The molecule has 0 radical (unpaired) electrons. The molecule has 0 fully saturated rings. The highest BCUT2D eigenvalue weighted by Gasteiger charge is 2.10. The first-order valence-corrected chi connectivity index (χ1v) is 6.13. The zero-order valence-corrected chi connectivity index (χ0v) is 10.5. The van der Waals surface area contributed by atoms with Gasteiger partial charge in [0.1, 0.15) is 5.69 Å². The van der Waals surface area contributed by atoms with Crippen LogP contribution in [0.1, 0.15) is 10.4 Å². The molecular weight excluding hydrogens is 250 g/mol. The number of hydrogen-bond acceptors (Lipinski definition) is 5. The standard InChI is InChI=1S/C12H11N3O2S/c1-9-6-7-18-12(9)8-13-14-10-4-2-3-5-11(10)15(16)17/h2-8,14H,1H3/b13-8-. The van der Waals surface area contributed by atoms with Crippen LogP contribution in [0.2, 0.25) is 0 Å². The summed E-state index contributed by atoms with van der Waals surface area (Å²) in [6.07, 6.45) is 1.66. The Morgan fingerprint density at radius 3 is 2.83 bits per heavy atom. The van der Waals surface area contributed by atoms with Crippen molar-refractivity contribution >= 4 is 28.9 Å².